The molecule has 0 aliphatic carbocycles. The Bertz CT molecular complexity index is 610. The molecule has 0 spiro atoms. The maximum Gasteiger partial charge on any atom is 0.315 e. The van der Waals surface area contributed by atoms with Crippen LogP contribution in [-0.4, -0.2) is 27.7 Å². The smallest absolute Gasteiger partial charge is 0.315 e. The van der Waals surface area contributed by atoms with E-state index in [1.807, 2.05) is 52.1 Å². The summed E-state index contributed by atoms with van der Waals surface area (Å²) < 4.78 is 2.07. The van der Waals surface area contributed by atoms with Crippen molar-refractivity contribution >= 4 is 17.1 Å². The van der Waals surface area contributed by atoms with Crippen LogP contribution in [0.5, 0.6) is 0 Å². The number of nitrogens with one attached hydrogen (secondary N) is 2. The van der Waals surface area contributed by atoms with Gasteiger partial charge in [0.05, 0.1) is 11.0 Å². The summed E-state index contributed by atoms with van der Waals surface area (Å²) in [5.74, 6) is 0.974. The molecule has 2 amide bonds. The predicted molar refractivity (Wildman–Crippen MR) is 80.7 cm³/mol. The molecule has 0 bridgehead atoms. The van der Waals surface area contributed by atoms with Gasteiger partial charge in [0.25, 0.3) is 0 Å². The summed E-state index contributed by atoms with van der Waals surface area (Å²) >= 11 is 0. The monoisotopic (exact) mass is 274 g/mol. The van der Waals surface area contributed by atoms with Gasteiger partial charge >= 0.3 is 6.03 Å². The van der Waals surface area contributed by atoms with Crippen molar-refractivity contribution in [3.8, 4) is 0 Å². The van der Waals surface area contributed by atoms with Crippen molar-refractivity contribution in [2.45, 2.75) is 32.7 Å². The molecule has 2 rings (SSSR count). The number of imidazole rings is 1. The lowest BCUT2D eigenvalue weighted by molar-refractivity contribution is 0.232. The van der Waals surface area contributed by atoms with Crippen LogP contribution < -0.4 is 10.6 Å². The van der Waals surface area contributed by atoms with Crippen molar-refractivity contribution in [2.75, 3.05) is 6.54 Å². The van der Waals surface area contributed by atoms with Gasteiger partial charge in [-0.25, -0.2) is 9.78 Å². The predicted octanol–water partition coefficient (Wildman–Crippen LogP) is 2.21. The molecular weight excluding hydrogens is 252 g/mol. The highest BCUT2D eigenvalue weighted by Crippen LogP contribution is 2.14. The number of amides is 2. The van der Waals surface area contributed by atoms with Crippen LogP contribution in [0.4, 0.5) is 4.79 Å². The zero-order chi connectivity index (χ0) is 14.8. The molecule has 5 nitrogen and oxygen atoms in total. The van der Waals surface area contributed by atoms with Crippen molar-refractivity contribution < 1.29 is 4.79 Å². The number of aryl methyl sites for hydroxylation is 1. The molecule has 0 saturated heterocycles. The van der Waals surface area contributed by atoms with E-state index in [1.165, 1.54) is 0 Å². The third-order valence-electron chi connectivity index (χ3n) is 3.00. The topological polar surface area (TPSA) is 59.0 Å². The molecule has 0 radical (unpaired) electrons. The molecule has 1 aromatic heterocycles. The number of urea groups is 1. The second kappa shape index (κ2) is 5.53. The largest absolute Gasteiger partial charge is 0.338 e. The molecule has 1 heterocycles. The number of aromatic nitrogens is 2. The highest BCUT2D eigenvalue weighted by Gasteiger charge is 2.13. The third-order valence-corrected chi connectivity index (χ3v) is 3.00. The first-order valence-electron chi connectivity index (χ1n) is 6.83. The van der Waals surface area contributed by atoms with Gasteiger partial charge in [0.1, 0.15) is 5.82 Å². The Morgan fingerprint density at radius 1 is 1.30 bits per heavy atom. The van der Waals surface area contributed by atoms with Crippen molar-refractivity contribution in [3.05, 3.63) is 30.1 Å². The number of hydrogen-bond donors (Lipinski definition) is 2. The fourth-order valence-electron chi connectivity index (χ4n) is 2.09. The maximum atomic E-state index is 11.7. The van der Waals surface area contributed by atoms with Crippen LogP contribution in [0.25, 0.3) is 11.0 Å². The van der Waals surface area contributed by atoms with E-state index < -0.39 is 0 Å². The third kappa shape index (κ3) is 3.50. The Balaban J connectivity index is 1.93. The van der Waals surface area contributed by atoms with Crippen molar-refractivity contribution in [1.29, 1.82) is 0 Å². The van der Waals surface area contributed by atoms with Gasteiger partial charge in [-0.05, 0) is 32.9 Å². The molecule has 0 unspecified atom stereocenters. The molecule has 0 aliphatic rings. The Morgan fingerprint density at radius 3 is 2.65 bits per heavy atom. The number of benzene rings is 1. The van der Waals surface area contributed by atoms with Gasteiger partial charge in [-0.2, -0.15) is 0 Å². The SMILES string of the molecule is Cn1c(CCNC(=O)NC(C)(C)C)nc2ccccc21. The molecule has 2 N–H and O–H groups in total. The van der Waals surface area contributed by atoms with E-state index in [4.69, 9.17) is 0 Å². The van der Waals surface area contributed by atoms with Crippen LogP contribution in [0.15, 0.2) is 24.3 Å². The number of rotatable bonds is 3. The van der Waals surface area contributed by atoms with Crippen molar-refractivity contribution in [1.82, 2.24) is 20.2 Å². The van der Waals surface area contributed by atoms with Gasteiger partial charge in [0.2, 0.25) is 0 Å². The van der Waals surface area contributed by atoms with Crippen molar-refractivity contribution in [3.63, 3.8) is 0 Å². The molecule has 0 fully saturated rings. The normalized spacial score (nSPS) is 11.6. The van der Waals surface area contributed by atoms with Gasteiger partial charge < -0.3 is 15.2 Å². The lowest BCUT2D eigenvalue weighted by atomic mass is 10.1. The lowest BCUT2D eigenvalue weighted by Crippen LogP contribution is -2.46. The maximum absolute atomic E-state index is 11.7. The minimum atomic E-state index is -0.220. The number of nitrogens with zero attached hydrogens (tertiary/aromatic N) is 2. The number of para-hydroxylation sites is 2. The summed E-state index contributed by atoms with van der Waals surface area (Å²) in [6.45, 7) is 6.44. The van der Waals surface area contributed by atoms with Crippen LogP contribution in [0.1, 0.15) is 26.6 Å². The van der Waals surface area contributed by atoms with Gasteiger partial charge in [0, 0.05) is 25.6 Å². The van der Waals surface area contributed by atoms with E-state index >= 15 is 0 Å². The second-order valence-corrected chi connectivity index (χ2v) is 5.96. The van der Waals surface area contributed by atoms with E-state index in [-0.39, 0.29) is 11.6 Å². The summed E-state index contributed by atoms with van der Waals surface area (Å²) in [7, 11) is 2.00. The Kier molecular flexibility index (Phi) is 3.97. The summed E-state index contributed by atoms with van der Waals surface area (Å²) in [6, 6.07) is 7.89. The minimum absolute atomic E-state index is 0.142. The highest BCUT2D eigenvalue weighted by atomic mass is 16.2. The van der Waals surface area contributed by atoms with E-state index in [0.29, 0.717) is 13.0 Å². The summed E-state index contributed by atoms with van der Waals surface area (Å²) in [4.78, 5) is 16.2. The molecule has 0 saturated carbocycles. The Morgan fingerprint density at radius 2 is 2.00 bits per heavy atom. The zero-order valence-corrected chi connectivity index (χ0v) is 12.5. The quantitative estimate of drug-likeness (QED) is 0.901. The first-order chi connectivity index (χ1) is 9.37. The molecule has 20 heavy (non-hydrogen) atoms. The van der Waals surface area contributed by atoms with Gasteiger partial charge in [-0.1, -0.05) is 12.1 Å². The van der Waals surface area contributed by atoms with Crippen LogP contribution in [-0.2, 0) is 13.5 Å². The minimum Gasteiger partial charge on any atom is -0.338 e. The van der Waals surface area contributed by atoms with E-state index in [9.17, 15) is 4.79 Å². The summed E-state index contributed by atoms with van der Waals surface area (Å²) in [5, 5.41) is 5.73. The molecule has 5 heteroatoms. The molecule has 0 aliphatic heterocycles. The molecule has 108 valence electrons. The molecule has 0 atom stereocenters. The van der Waals surface area contributed by atoms with Crippen LogP contribution >= 0.6 is 0 Å². The number of carbonyl (C=O) groups excluding carboxylic acids is 1. The van der Waals surface area contributed by atoms with Gasteiger partial charge in [0.15, 0.2) is 0 Å². The van der Waals surface area contributed by atoms with Gasteiger partial charge in [-0.15, -0.1) is 0 Å². The van der Waals surface area contributed by atoms with Gasteiger partial charge in [-0.3, -0.25) is 0 Å². The average molecular weight is 274 g/mol. The first kappa shape index (κ1) is 14.4. The number of hydrogen-bond acceptors (Lipinski definition) is 2. The van der Waals surface area contributed by atoms with Crippen LogP contribution in [0.2, 0.25) is 0 Å². The van der Waals surface area contributed by atoms with Crippen LogP contribution in [0.3, 0.4) is 0 Å². The first-order valence-corrected chi connectivity index (χ1v) is 6.83. The summed E-state index contributed by atoms with van der Waals surface area (Å²) in [5.41, 5.74) is 1.88. The standard InChI is InChI=1S/C15H22N4O/c1-15(2,3)18-14(20)16-10-9-13-17-11-7-5-6-8-12(11)19(13)4/h5-8H,9-10H2,1-4H3,(H2,16,18,20). The second-order valence-electron chi connectivity index (χ2n) is 5.96. The Hall–Kier alpha value is -2.04. The fraction of sp³-hybridized carbons (Fsp3) is 0.467. The lowest BCUT2D eigenvalue weighted by Gasteiger charge is -2.20. The number of carbonyl (C=O) groups is 1. The fourth-order valence-corrected chi connectivity index (χ4v) is 2.09. The van der Waals surface area contributed by atoms with E-state index in [0.717, 1.165) is 16.9 Å². The van der Waals surface area contributed by atoms with E-state index in [2.05, 4.69) is 20.2 Å². The molecule has 2 aromatic rings. The zero-order valence-electron chi connectivity index (χ0n) is 12.5. The summed E-state index contributed by atoms with van der Waals surface area (Å²) in [6.07, 6.45) is 0.711. The molecule has 1 aromatic carbocycles. The molecular formula is C15H22N4O. The highest BCUT2D eigenvalue weighted by molar-refractivity contribution is 5.76. The number of fused-ring (bicyclic) bond motifs is 1. The van der Waals surface area contributed by atoms with E-state index in [1.54, 1.807) is 0 Å². The Labute approximate surface area is 119 Å². The van der Waals surface area contributed by atoms with Crippen molar-refractivity contribution in [2.24, 2.45) is 7.05 Å². The van der Waals surface area contributed by atoms with Crippen LogP contribution in [0, 0.1) is 0 Å². The average Bonchev–Trinajstić information content (AvgIpc) is 2.65.